The highest BCUT2D eigenvalue weighted by Crippen LogP contribution is 2.17. The van der Waals surface area contributed by atoms with Crippen LogP contribution in [0.25, 0.3) is 0 Å². The Morgan fingerprint density at radius 3 is 2.47 bits per heavy atom. The van der Waals surface area contributed by atoms with Gasteiger partial charge in [-0.3, -0.25) is 0 Å². The van der Waals surface area contributed by atoms with Crippen molar-refractivity contribution in [3.63, 3.8) is 0 Å². The monoisotopic (exact) mass is 266 g/mol. The second-order valence-electron chi connectivity index (χ2n) is 5.11. The largest absolute Gasteiger partial charge is 0.455 e. The summed E-state index contributed by atoms with van der Waals surface area (Å²) in [6.45, 7) is 2.20. The molecule has 3 nitrogen and oxygen atoms in total. The number of aliphatic hydroxyl groups excluding tert-OH is 1. The molecule has 0 amide bonds. The first-order chi connectivity index (χ1) is 9.24. The summed E-state index contributed by atoms with van der Waals surface area (Å²) in [4.78, 5) is 11.3. The number of cyclic esters (lactones) is 1. The van der Waals surface area contributed by atoms with Gasteiger partial charge in [0.1, 0.15) is 6.10 Å². The Labute approximate surface area is 116 Å². The zero-order valence-corrected chi connectivity index (χ0v) is 11.9. The maximum Gasteiger partial charge on any atom is 0.334 e. The fourth-order valence-corrected chi connectivity index (χ4v) is 2.19. The molecule has 1 heterocycles. The van der Waals surface area contributed by atoms with Crippen molar-refractivity contribution in [2.75, 3.05) is 6.61 Å². The first-order valence-electron chi connectivity index (χ1n) is 7.41. The minimum atomic E-state index is -0.166. The van der Waals surface area contributed by atoms with Crippen molar-refractivity contribution in [2.45, 2.75) is 64.4 Å². The van der Waals surface area contributed by atoms with Crippen LogP contribution < -0.4 is 0 Å². The molecule has 0 bridgehead atoms. The third-order valence-corrected chi connectivity index (χ3v) is 3.27. The fourth-order valence-electron chi connectivity index (χ4n) is 2.19. The van der Waals surface area contributed by atoms with E-state index >= 15 is 0 Å². The van der Waals surface area contributed by atoms with Gasteiger partial charge in [0.2, 0.25) is 0 Å². The molecule has 108 valence electrons. The minimum absolute atomic E-state index is 0.0604. The van der Waals surface area contributed by atoms with Crippen LogP contribution in [0.3, 0.4) is 0 Å². The van der Waals surface area contributed by atoms with Gasteiger partial charge < -0.3 is 9.84 Å². The molecule has 0 radical (unpaired) electrons. The quantitative estimate of drug-likeness (QED) is 0.374. The first-order valence-corrected chi connectivity index (χ1v) is 7.41. The van der Waals surface area contributed by atoms with E-state index in [2.05, 4.69) is 12.2 Å². The van der Waals surface area contributed by atoms with Gasteiger partial charge in [-0.25, -0.2) is 4.79 Å². The van der Waals surface area contributed by atoms with E-state index in [0.717, 1.165) is 24.8 Å². The molecule has 1 rings (SSSR count). The van der Waals surface area contributed by atoms with Gasteiger partial charge in [-0.2, -0.15) is 0 Å². The highest BCUT2D eigenvalue weighted by atomic mass is 16.5. The Kier molecular flexibility index (Phi) is 8.23. The Morgan fingerprint density at radius 2 is 1.84 bits per heavy atom. The number of allylic oxidation sites excluding steroid dienone is 2. The molecule has 3 heteroatoms. The van der Waals surface area contributed by atoms with Crippen LogP contribution >= 0.6 is 0 Å². The topological polar surface area (TPSA) is 46.5 Å². The Hall–Kier alpha value is -1.09. The molecule has 0 aromatic carbocycles. The van der Waals surface area contributed by atoms with Gasteiger partial charge in [0.25, 0.3) is 0 Å². The molecular formula is C16H26O3. The van der Waals surface area contributed by atoms with Gasteiger partial charge in [-0.15, -0.1) is 0 Å². The lowest BCUT2D eigenvalue weighted by Crippen LogP contribution is -2.03. The molecule has 1 N–H and O–H groups in total. The van der Waals surface area contributed by atoms with Crippen LogP contribution in [-0.4, -0.2) is 23.8 Å². The van der Waals surface area contributed by atoms with E-state index in [-0.39, 0.29) is 12.1 Å². The van der Waals surface area contributed by atoms with Gasteiger partial charge in [0, 0.05) is 12.2 Å². The molecule has 0 aliphatic carbocycles. The first kappa shape index (κ1) is 16.0. The average Bonchev–Trinajstić information content (AvgIpc) is 2.70. The fraction of sp³-hybridized carbons (Fsp3) is 0.688. The van der Waals surface area contributed by atoms with Gasteiger partial charge in [0.05, 0.1) is 0 Å². The summed E-state index contributed by atoms with van der Waals surface area (Å²) in [5, 5.41) is 8.64. The predicted molar refractivity (Wildman–Crippen MR) is 76.8 cm³/mol. The normalized spacial score (nSPS) is 18.9. The summed E-state index contributed by atoms with van der Waals surface area (Å²) >= 11 is 0. The second kappa shape index (κ2) is 9.79. The van der Waals surface area contributed by atoms with E-state index in [1.165, 1.54) is 25.7 Å². The third-order valence-electron chi connectivity index (χ3n) is 3.27. The molecular weight excluding hydrogens is 240 g/mol. The molecule has 0 fully saturated rings. The van der Waals surface area contributed by atoms with E-state index in [1.807, 2.05) is 13.0 Å². The molecule has 19 heavy (non-hydrogen) atoms. The maximum absolute atomic E-state index is 11.3. The van der Waals surface area contributed by atoms with Crippen molar-refractivity contribution < 1.29 is 14.6 Å². The van der Waals surface area contributed by atoms with Crippen molar-refractivity contribution >= 4 is 5.97 Å². The minimum Gasteiger partial charge on any atom is -0.455 e. The van der Waals surface area contributed by atoms with Gasteiger partial charge in [-0.05, 0) is 38.7 Å². The number of carbonyl (C=O) groups is 1. The summed E-state index contributed by atoms with van der Waals surface area (Å²) < 4.78 is 5.03. The van der Waals surface area contributed by atoms with Crippen LogP contribution in [0, 0.1) is 0 Å². The molecule has 0 saturated carbocycles. The molecule has 1 unspecified atom stereocenters. The predicted octanol–water partition coefficient (Wildman–Crippen LogP) is 3.53. The lowest BCUT2D eigenvalue weighted by Gasteiger charge is -1.99. The van der Waals surface area contributed by atoms with Crippen LogP contribution in [0.1, 0.15) is 58.3 Å². The third kappa shape index (κ3) is 7.16. The smallest absolute Gasteiger partial charge is 0.334 e. The molecule has 0 aromatic heterocycles. The van der Waals surface area contributed by atoms with Gasteiger partial charge >= 0.3 is 5.97 Å². The lowest BCUT2D eigenvalue weighted by molar-refractivity contribution is -0.139. The zero-order chi connectivity index (χ0) is 13.9. The Bertz CT molecular complexity index is 318. The Morgan fingerprint density at radius 1 is 1.16 bits per heavy atom. The molecule has 0 saturated heterocycles. The summed E-state index contributed by atoms with van der Waals surface area (Å²) in [5.74, 6) is -0.166. The summed E-state index contributed by atoms with van der Waals surface area (Å²) in [6.07, 6.45) is 14.8. The van der Waals surface area contributed by atoms with Crippen LogP contribution in [0.4, 0.5) is 0 Å². The number of esters is 1. The zero-order valence-electron chi connectivity index (χ0n) is 11.9. The van der Waals surface area contributed by atoms with Crippen molar-refractivity contribution in [1.82, 2.24) is 0 Å². The van der Waals surface area contributed by atoms with Crippen molar-refractivity contribution in [2.24, 2.45) is 0 Å². The molecule has 1 aliphatic rings. The highest BCUT2D eigenvalue weighted by Gasteiger charge is 2.20. The van der Waals surface area contributed by atoms with Crippen LogP contribution in [-0.2, 0) is 9.53 Å². The molecule has 1 aliphatic heterocycles. The summed E-state index contributed by atoms with van der Waals surface area (Å²) in [5.41, 5.74) is 0.785. The van der Waals surface area contributed by atoms with Crippen molar-refractivity contribution in [1.29, 1.82) is 0 Å². The van der Waals surface area contributed by atoms with Crippen LogP contribution in [0.15, 0.2) is 23.8 Å². The molecule has 0 spiro atoms. The maximum atomic E-state index is 11.3. The highest BCUT2D eigenvalue weighted by molar-refractivity contribution is 5.91. The lowest BCUT2D eigenvalue weighted by atomic mass is 10.1. The number of hydrogen-bond donors (Lipinski definition) is 1. The van der Waals surface area contributed by atoms with Gasteiger partial charge in [0.15, 0.2) is 0 Å². The Balaban J connectivity index is 1.96. The standard InChI is InChI=1S/C16H26O3/c1-14-13-15(16(18)19-14)11-9-7-5-3-2-4-6-8-10-12-17/h7,9,13-14,17H,2-6,8,10-12H2,1H3/b9-7+. The van der Waals surface area contributed by atoms with E-state index in [4.69, 9.17) is 9.84 Å². The van der Waals surface area contributed by atoms with Crippen molar-refractivity contribution in [3.8, 4) is 0 Å². The number of ether oxygens (including phenoxy) is 1. The van der Waals surface area contributed by atoms with Gasteiger partial charge in [-0.1, -0.05) is 37.8 Å². The molecule has 1 atom stereocenters. The number of rotatable bonds is 10. The molecule has 0 aromatic rings. The van der Waals surface area contributed by atoms with E-state index < -0.39 is 0 Å². The SMILES string of the molecule is CC1C=C(C/C=C/CCCCCCCCO)C(=O)O1. The van der Waals surface area contributed by atoms with Crippen molar-refractivity contribution in [3.05, 3.63) is 23.8 Å². The number of carbonyl (C=O) groups excluding carboxylic acids is 1. The summed E-state index contributed by atoms with van der Waals surface area (Å²) in [6, 6.07) is 0. The number of hydrogen-bond acceptors (Lipinski definition) is 3. The average molecular weight is 266 g/mol. The van der Waals surface area contributed by atoms with E-state index in [9.17, 15) is 4.79 Å². The second-order valence-corrected chi connectivity index (χ2v) is 5.11. The number of aliphatic hydroxyl groups is 1. The summed E-state index contributed by atoms with van der Waals surface area (Å²) in [7, 11) is 0. The van der Waals surface area contributed by atoms with Crippen LogP contribution in [0.5, 0.6) is 0 Å². The van der Waals surface area contributed by atoms with E-state index in [1.54, 1.807) is 0 Å². The number of unbranched alkanes of at least 4 members (excludes halogenated alkanes) is 6. The van der Waals surface area contributed by atoms with Crippen LogP contribution in [0.2, 0.25) is 0 Å². The van der Waals surface area contributed by atoms with E-state index in [0.29, 0.717) is 13.0 Å².